The number of hydrogen-bond acceptors (Lipinski definition) is 6. The number of methoxy groups -OCH3 is 1. The lowest BCUT2D eigenvalue weighted by molar-refractivity contribution is -0.120. The molecule has 1 atom stereocenters. The lowest BCUT2D eigenvalue weighted by Gasteiger charge is -2.18. The Morgan fingerprint density at radius 1 is 1.13 bits per heavy atom. The second-order valence-electron chi connectivity index (χ2n) is 6.81. The first-order valence-corrected chi connectivity index (χ1v) is 9.79. The number of aromatic nitrogens is 3. The molecule has 2 aromatic carbocycles. The number of carbonyl (C=O) groups excluding carboxylic acids is 2. The first-order chi connectivity index (χ1) is 15.0. The summed E-state index contributed by atoms with van der Waals surface area (Å²) < 4.78 is 12.6. The average molecular weight is 423 g/mol. The summed E-state index contributed by atoms with van der Waals surface area (Å²) in [5.74, 6) is 0.896. The third kappa shape index (κ3) is 6.84. The Hall–Kier alpha value is -3.88. The molecule has 2 amide bonds. The third-order valence-corrected chi connectivity index (χ3v) is 4.46. The summed E-state index contributed by atoms with van der Waals surface area (Å²) in [4.78, 5) is 28.1. The zero-order valence-corrected chi connectivity index (χ0v) is 17.4. The van der Waals surface area contributed by atoms with Crippen molar-refractivity contribution in [2.45, 2.75) is 25.9 Å². The van der Waals surface area contributed by atoms with E-state index in [9.17, 15) is 9.59 Å². The van der Waals surface area contributed by atoms with Crippen LogP contribution in [0.2, 0.25) is 0 Å². The summed E-state index contributed by atoms with van der Waals surface area (Å²) in [6.07, 6.45) is 3.17. The predicted molar refractivity (Wildman–Crippen MR) is 115 cm³/mol. The van der Waals surface area contributed by atoms with Crippen LogP contribution in [0.15, 0.2) is 61.2 Å². The topological polar surface area (TPSA) is 107 Å². The molecule has 0 saturated carbocycles. The van der Waals surface area contributed by atoms with Crippen molar-refractivity contribution in [3.63, 3.8) is 0 Å². The van der Waals surface area contributed by atoms with Gasteiger partial charge in [-0.3, -0.25) is 9.59 Å². The van der Waals surface area contributed by atoms with E-state index in [1.165, 1.54) is 13.3 Å². The van der Waals surface area contributed by atoms with Gasteiger partial charge in [-0.1, -0.05) is 18.2 Å². The number of carbonyl (C=O) groups is 2. The van der Waals surface area contributed by atoms with Crippen molar-refractivity contribution in [3.05, 3.63) is 66.7 Å². The minimum absolute atomic E-state index is 0.0866. The van der Waals surface area contributed by atoms with Gasteiger partial charge >= 0.3 is 0 Å². The Labute approximate surface area is 180 Å². The van der Waals surface area contributed by atoms with E-state index in [2.05, 4.69) is 20.7 Å². The lowest BCUT2D eigenvalue weighted by Crippen LogP contribution is -2.29. The molecule has 0 saturated heterocycles. The molecule has 162 valence electrons. The van der Waals surface area contributed by atoms with Crippen LogP contribution in [0, 0.1) is 0 Å². The number of anilines is 1. The Bertz CT molecular complexity index is 989. The molecule has 2 N–H and O–H groups in total. The van der Waals surface area contributed by atoms with E-state index in [0.717, 1.165) is 5.56 Å². The first-order valence-electron chi connectivity index (χ1n) is 9.79. The standard InChI is InChI=1S/C22H25N5O4/c1-16(28)25-21(17-6-8-19(30-2)9-7-17)13-22(29)26-18-4-3-5-20(12-18)31-11-10-27-15-23-14-24-27/h3-9,12,14-15,21H,10-11,13H2,1-2H3,(H,25,28)(H,26,29). The normalized spacial score (nSPS) is 11.4. The van der Waals surface area contributed by atoms with Crippen LogP contribution in [0.4, 0.5) is 5.69 Å². The average Bonchev–Trinajstić information content (AvgIpc) is 3.27. The van der Waals surface area contributed by atoms with Crippen molar-refractivity contribution in [3.8, 4) is 11.5 Å². The number of ether oxygens (including phenoxy) is 2. The summed E-state index contributed by atoms with van der Waals surface area (Å²) in [6.45, 7) is 2.41. The van der Waals surface area contributed by atoms with Gasteiger partial charge in [0.05, 0.1) is 26.1 Å². The summed E-state index contributed by atoms with van der Waals surface area (Å²) in [5.41, 5.74) is 1.43. The molecule has 0 bridgehead atoms. The molecule has 3 aromatic rings. The van der Waals surface area contributed by atoms with Gasteiger partial charge in [0.1, 0.15) is 30.8 Å². The second-order valence-corrected chi connectivity index (χ2v) is 6.81. The van der Waals surface area contributed by atoms with Crippen LogP contribution in [0.3, 0.4) is 0 Å². The molecule has 1 aromatic heterocycles. The van der Waals surface area contributed by atoms with Crippen LogP contribution in [0.25, 0.3) is 0 Å². The zero-order chi connectivity index (χ0) is 22.1. The molecule has 0 fully saturated rings. The lowest BCUT2D eigenvalue weighted by atomic mass is 10.0. The highest BCUT2D eigenvalue weighted by Gasteiger charge is 2.17. The minimum Gasteiger partial charge on any atom is -0.497 e. The Balaban J connectivity index is 1.58. The predicted octanol–water partition coefficient (Wildman–Crippen LogP) is 2.57. The summed E-state index contributed by atoms with van der Waals surface area (Å²) >= 11 is 0. The molecule has 0 spiro atoms. The van der Waals surface area contributed by atoms with E-state index in [-0.39, 0.29) is 18.2 Å². The van der Waals surface area contributed by atoms with Gasteiger partial charge in [-0.15, -0.1) is 0 Å². The maximum absolute atomic E-state index is 12.6. The Morgan fingerprint density at radius 3 is 2.61 bits per heavy atom. The van der Waals surface area contributed by atoms with Gasteiger partial charge < -0.3 is 20.1 Å². The fourth-order valence-corrected chi connectivity index (χ4v) is 3.00. The Kier molecular flexibility index (Phi) is 7.58. The van der Waals surface area contributed by atoms with E-state index >= 15 is 0 Å². The van der Waals surface area contributed by atoms with E-state index in [0.29, 0.717) is 30.3 Å². The summed E-state index contributed by atoms with van der Waals surface area (Å²) in [7, 11) is 1.58. The van der Waals surface area contributed by atoms with E-state index in [1.54, 1.807) is 48.5 Å². The van der Waals surface area contributed by atoms with Gasteiger partial charge in [-0.25, -0.2) is 9.67 Å². The smallest absolute Gasteiger partial charge is 0.226 e. The molecule has 9 nitrogen and oxygen atoms in total. The van der Waals surface area contributed by atoms with Crippen LogP contribution in [-0.4, -0.2) is 40.3 Å². The van der Waals surface area contributed by atoms with Crippen LogP contribution >= 0.6 is 0 Å². The number of hydrogen-bond donors (Lipinski definition) is 2. The van der Waals surface area contributed by atoms with Crippen LogP contribution in [0.1, 0.15) is 24.9 Å². The van der Waals surface area contributed by atoms with Gasteiger partial charge in [-0.2, -0.15) is 5.10 Å². The monoisotopic (exact) mass is 423 g/mol. The fraction of sp³-hybridized carbons (Fsp3) is 0.273. The molecule has 0 aliphatic heterocycles. The second kappa shape index (κ2) is 10.8. The van der Waals surface area contributed by atoms with Crippen molar-refractivity contribution < 1.29 is 19.1 Å². The number of rotatable bonds is 10. The Morgan fingerprint density at radius 2 is 1.94 bits per heavy atom. The molecule has 1 unspecified atom stereocenters. The van der Waals surface area contributed by atoms with Crippen molar-refractivity contribution >= 4 is 17.5 Å². The van der Waals surface area contributed by atoms with Crippen molar-refractivity contribution in [1.82, 2.24) is 20.1 Å². The zero-order valence-electron chi connectivity index (χ0n) is 17.4. The van der Waals surface area contributed by atoms with Crippen LogP contribution in [-0.2, 0) is 16.1 Å². The molecule has 9 heteroatoms. The molecule has 0 aliphatic rings. The van der Waals surface area contributed by atoms with Crippen molar-refractivity contribution in [2.24, 2.45) is 0 Å². The van der Waals surface area contributed by atoms with Gasteiger partial charge in [0, 0.05) is 18.7 Å². The highest BCUT2D eigenvalue weighted by atomic mass is 16.5. The van der Waals surface area contributed by atoms with Crippen molar-refractivity contribution in [1.29, 1.82) is 0 Å². The number of nitrogens with one attached hydrogen (secondary N) is 2. The van der Waals surface area contributed by atoms with Crippen molar-refractivity contribution in [2.75, 3.05) is 19.0 Å². The van der Waals surface area contributed by atoms with Gasteiger partial charge in [0.15, 0.2) is 0 Å². The van der Waals surface area contributed by atoms with Gasteiger partial charge in [0.25, 0.3) is 0 Å². The van der Waals surface area contributed by atoms with E-state index in [1.807, 2.05) is 18.2 Å². The first kappa shape index (κ1) is 21.8. The molecule has 0 aliphatic carbocycles. The van der Waals surface area contributed by atoms with Gasteiger partial charge in [0.2, 0.25) is 11.8 Å². The van der Waals surface area contributed by atoms with Crippen LogP contribution in [0.5, 0.6) is 11.5 Å². The molecule has 31 heavy (non-hydrogen) atoms. The third-order valence-electron chi connectivity index (χ3n) is 4.46. The molecule has 3 rings (SSSR count). The number of nitrogens with zero attached hydrogens (tertiary/aromatic N) is 3. The number of benzene rings is 2. The van der Waals surface area contributed by atoms with Gasteiger partial charge in [-0.05, 0) is 29.8 Å². The van der Waals surface area contributed by atoms with Crippen LogP contribution < -0.4 is 20.1 Å². The molecular weight excluding hydrogens is 398 g/mol. The summed E-state index contributed by atoms with van der Waals surface area (Å²) in [5, 5.41) is 9.70. The SMILES string of the molecule is COc1ccc(C(CC(=O)Nc2cccc(OCCn3cncn3)c2)NC(C)=O)cc1. The van der Waals surface area contributed by atoms with E-state index < -0.39 is 6.04 Å². The highest BCUT2D eigenvalue weighted by molar-refractivity contribution is 5.91. The number of amides is 2. The maximum atomic E-state index is 12.6. The maximum Gasteiger partial charge on any atom is 0.226 e. The molecular formula is C22H25N5O4. The molecule has 1 heterocycles. The quantitative estimate of drug-likeness (QED) is 0.519. The molecule has 0 radical (unpaired) electrons. The summed E-state index contributed by atoms with van der Waals surface area (Å²) in [6, 6.07) is 13.9. The minimum atomic E-state index is -0.453. The van der Waals surface area contributed by atoms with E-state index in [4.69, 9.17) is 9.47 Å². The highest BCUT2D eigenvalue weighted by Crippen LogP contribution is 2.22. The largest absolute Gasteiger partial charge is 0.497 e. The fourth-order valence-electron chi connectivity index (χ4n) is 3.00.